The average Bonchev–Trinajstić information content (AvgIpc) is 2.71. The van der Waals surface area contributed by atoms with Crippen molar-refractivity contribution in [2.45, 2.75) is 6.54 Å². The largest absolute Gasteiger partial charge is 0.383 e. The Bertz CT molecular complexity index is 365. The summed E-state index contributed by atoms with van der Waals surface area (Å²) in [5.74, 6) is 2.06. The minimum atomic E-state index is -0.260. The molecule has 0 atom stereocenters. The van der Waals surface area contributed by atoms with E-state index in [2.05, 4.69) is 16.3 Å². The van der Waals surface area contributed by atoms with Crippen molar-refractivity contribution in [2.24, 2.45) is 0 Å². The zero-order valence-electron chi connectivity index (χ0n) is 8.56. The van der Waals surface area contributed by atoms with Crippen LogP contribution in [0.2, 0.25) is 0 Å². The first-order chi connectivity index (χ1) is 7.27. The van der Waals surface area contributed by atoms with E-state index in [-0.39, 0.29) is 12.5 Å². The molecule has 0 aliphatic rings. The van der Waals surface area contributed by atoms with E-state index >= 15 is 0 Å². The topological polar surface area (TPSA) is 56.2 Å². The van der Waals surface area contributed by atoms with Crippen LogP contribution in [0.5, 0.6) is 0 Å². The molecule has 0 saturated heterocycles. The number of carbonyl (C=O) groups is 1. The highest BCUT2D eigenvalue weighted by Gasteiger charge is 2.07. The zero-order valence-corrected chi connectivity index (χ0v) is 8.56. The van der Waals surface area contributed by atoms with Crippen LogP contribution in [0.15, 0.2) is 12.3 Å². The summed E-state index contributed by atoms with van der Waals surface area (Å²) in [7, 11) is 1.62. The SMILES string of the molecule is C#CCNC(=O)c1ccn(CCOC)n1. The molecule has 0 unspecified atom stereocenters. The van der Waals surface area contributed by atoms with E-state index < -0.39 is 0 Å². The highest BCUT2D eigenvalue weighted by molar-refractivity contribution is 5.92. The summed E-state index contributed by atoms with van der Waals surface area (Å²) in [4.78, 5) is 11.4. The van der Waals surface area contributed by atoms with Gasteiger partial charge in [-0.3, -0.25) is 9.48 Å². The van der Waals surface area contributed by atoms with Crippen LogP contribution in [-0.2, 0) is 11.3 Å². The predicted molar refractivity (Wildman–Crippen MR) is 55.3 cm³/mol. The van der Waals surface area contributed by atoms with Crippen molar-refractivity contribution in [3.63, 3.8) is 0 Å². The van der Waals surface area contributed by atoms with Crippen LogP contribution in [0.1, 0.15) is 10.5 Å². The van der Waals surface area contributed by atoms with Crippen molar-refractivity contribution in [1.82, 2.24) is 15.1 Å². The fraction of sp³-hybridized carbons (Fsp3) is 0.400. The maximum absolute atomic E-state index is 11.4. The number of hydrogen-bond donors (Lipinski definition) is 1. The van der Waals surface area contributed by atoms with Crippen molar-refractivity contribution < 1.29 is 9.53 Å². The van der Waals surface area contributed by atoms with Crippen LogP contribution in [0.25, 0.3) is 0 Å². The highest BCUT2D eigenvalue weighted by atomic mass is 16.5. The molecule has 1 amide bonds. The number of hydrogen-bond acceptors (Lipinski definition) is 3. The first kappa shape index (κ1) is 11.3. The lowest BCUT2D eigenvalue weighted by Gasteiger charge is -1.99. The summed E-state index contributed by atoms with van der Waals surface area (Å²) < 4.78 is 6.54. The minimum Gasteiger partial charge on any atom is -0.383 e. The molecule has 1 rings (SSSR count). The number of carbonyl (C=O) groups excluding carboxylic acids is 1. The Hall–Kier alpha value is -1.80. The second kappa shape index (κ2) is 5.83. The molecule has 5 heteroatoms. The lowest BCUT2D eigenvalue weighted by atomic mass is 10.4. The standard InChI is InChI=1S/C10H13N3O2/c1-3-5-11-10(14)9-4-6-13(12-9)7-8-15-2/h1,4,6H,5,7-8H2,2H3,(H,11,14). The Morgan fingerprint density at radius 1 is 1.80 bits per heavy atom. The molecule has 0 aliphatic carbocycles. The van der Waals surface area contributed by atoms with E-state index in [0.717, 1.165) is 0 Å². The number of nitrogens with one attached hydrogen (secondary N) is 1. The molecule has 15 heavy (non-hydrogen) atoms. The number of amides is 1. The van der Waals surface area contributed by atoms with Gasteiger partial charge in [-0.2, -0.15) is 5.10 Å². The summed E-state index contributed by atoms with van der Waals surface area (Å²) in [5, 5.41) is 6.59. The number of aromatic nitrogens is 2. The lowest BCUT2D eigenvalue weighted by Crippen LogP contribution is -2.24. The Kier molecular flexibility index (Phi) is 4.38. The quantitative estimate of drug-likeness (QED) is 0.685. The van der Waals surface area contributed by atoms with Gasteiger partial charge in [0.1, 0.15) is 5.69 Å². The van der Waals surface area contributed by atoms with Crippen LogP contribution in [0.4, 0.5) is 0 Å². The molecule has 1 aromatic rings. The van der Waals surface area contributed by atoms with Gasteiger partial charge in [0.2, 0.25) is 0 Å². The van der Waals surface area contributed by atoms with E-state index in [9.17, 15) is 4.79 Å². The van der Waals surface area contributed by atoms with Gasteiger partial charge in [0, 0.05) is 13.3 Å². The van der Waals surface area contributed by atoms with E-state index in [1.807, 2.05) is 0 Å². The van der Waals surface area contributed by atoms with Gasteiger partial charge in [-0.05, 0) is 6.07 Å². The van der Waals surface area contributed by atoms with E-state index in [0.29, 0.717) is 18.8 Å². The van der Waals surface area contributed by atoms with Crippen LogP contribution in [0.3, 0.4) is 0 Å². The van der Waals surface area contributed by atoms with Crippen molar-refractivity contribution in [3.8, 4) is 12.3 Å². The minimum absolute atomic E-state index is 0.212. The average molecular weight is 207 g/mol. The number of nitrogens with zero attached hydrogens (tertiary/aromatic N) is 2. The molecule has 0 saturated carbocycles. The van der Waals surface area contributed by atoms with Crippen molar-refractivity contribution in [1.29, 1.82) is 0 Å². The molecular weight excluding hydrogens is 194 g/mol. The van der Waals surface area contributed by atoms with Crippen LogP contribution < -0.4 is 5.32 Å². The molecule has 0 radical (unpaired) electrons. The molecule has 1 heterocycles. The maximum Gasteiger partial charge on any atom is 0.272 e. The van der Waals surface area contributed by atoms with E-state index in [1.54, 1.807) is 24.1 Å². The number of ether oxygens (including phenoxy) is 1. The first-order valence-electron chi connectivity index (χ1n) is 4.52. The molecule has 1 N–H and O–H groups in total. The molecule has 0 aromatic carbocycles. The van der Waals surface area contributed by atoms with Crippen molar-refractivity contribution >= 4 is 5.91 Å². The molecule has 0 spiro atoms. The van der Waals surface area contributed by atoms with E-state index in [4.69, 9.17) is 11.2 Å². The van der Waals surface area contributed by atoms with Crippen LogP contribution in [0, 0.1) is 12.3 Å². The molecule has 0 fully saturated rings. The Balaban J connectivity index is 2.52. The summed E-state index contributed by atoms with van der Waals surface area (Å²) >= 11 is 0. The van der Waals surface area contributed by atoms with Gasteiger partial charge in [0.05, 0.1) is 19.7 Å². The van der Waals surface area contributed by atoms with Gasteiger partial charge >= 0.3 is 0 Å². The summed E-state index contributed by atoms with van der Waals surface area (Å²) in [6, 6.07) is 1.64. The summed E-state index contributed by atoms with van der Waals surface area (Å²) in [6.07, 6.45) is 6.74. The predicted octanol–water partition coefficient (Wildman–Crippen LogP) is -0.107. The summed E-state index contributed by atoms with van der Waals surface area (Å²) in [6.45, 7) is 1.40. The third-order valence-corrected chi connectivity index (χ3v) is 1.75. The number of methoxy groups -OCH3 is 1. The third-order valence-electron chi connectivity index (χ3n) is 1.75. The summed E-state index contributed by atoms with van der Waals surface area (Å²) in [5.41, 5.74) is 0.362. The number of terminal acetylenes is 1. The Labute approximate surface area is 88.4 Å². The van der Waals surface area contributed by atoms with Gasteiger partial charge in [-0.1, -0.05) is 5.92 Å². The molecule has 80 valence electrons. The second-order valence-corrected chi connectivity index (χ2v) is 2.84. The zero-order chi connectivity index (χ0) is 11.1. The first-order valence-corrected chi connectivity index (χ1v) is 4.52. The molecule has 5 nitrogen and oxygen atoms in total. The fourth-order valence-electron chi connectivity index (χ4n) is 1.01. The van der Waals surface area contributed by atoms with Crippen molar-refractivity contribution in [2.75, 3.05) is 20.3 Å². The van der Waals surface area contributed by atoms with Gasteiger partial charge in [0.15, 0.2) is 0 Å². The molecule has 1 aromatic heterocycles. The monoisotopic (exact) mass is 207 g/mol. The lowest BCUT2D eigenvalue weighted by molar-refractivity contribution is 0.0952. The fourth-order valence-corrected chi connectivity index (χ4v) is 1.01. The normalized spacial score (nSPS) is 9.60. The molecular formula is C10H13N3O2. The molecule has 0 bridgehead atoms. The van der Waals surface area contributed by atoms with Crippen LogP contribution >= 0.6 is 0 Å². The molecule has 0 aliphatic heterocycles. The second-order valence-electron chi connectivity index (χ2n) is 2.84. The van der Waals surface area contributed by atoms with Crippen LogP contribution in [-0.4, -0.2) is 35.9 Å². The smallest absolute Gasteiger partial charge is 0.272 e. The maximum atomic E-state index is 11.4. The van der Waals surface area contributed by atoms with Crippen molar-refractivity contribution in [3.05, 3.63) is 18.0 Å². The van der Waals surface area contributed by atoms with E-state index in [1.165, 1.54) is 0 Å². The third kappa shape index (κ3) is 3.44. The Morgan fingerprint density at radius 3 is 3.27 bits per heavy atom. The number of rotatable bonds is 5. The Morgan fingerprint density at radius 2 is 2.60 bits per heavy atom. The highest BCUT2D eigenvalue weighted by Crippen LogP contribution is 1.95. The van der Waals surface area contributed by atoms with Gasteiger partial charge in [0.25, 0.3) is 5.91 Å². The van der Waals surface area contributed by atoms with Gasteiger partial charge in [-0.25, -0.2) is 0 Å². The van der Waals surface area contributed by atoms with Gasteiger partial charge < -0.3 is 10.1 Å². The van der Waals surface area contributed by atoms with Gasteiger partial charge in [-0.15, -0.1) is 6.42 Å².